The third-order valence-electron chi connectivity index (χ3n) is 5.56. The van der Waals surface area contributed by atoms with E-state index in [-0.39, 0.29) is 5.75 Å². The van der Waals surface area contributed by atoms with Crippen LogP contribution in [0, 0.1) is 11.8 Å². The van der Waals surface area contributed by atoms with Gasteiger partial charge in [0.25, 0.3) is 0 Å². The van der Waals surface area contributed by atoms with Crippen molar-refractivity contribution >= 4 is 0 Å². The molecule has 0 aromatic heterocycles. The van der Waals surface area contributed by atoms with Crippen LogP contribution in [0.3, 0.4) is 0 Å². The van der Waals surface area contributed by atoms with Crippen LogP contribution in [-0.4, -0.2) is 30.2 Å². The molecule has 1 saturated carbocycles. The van der Waals surface area contributed by atoms with Gasteiger partial charge in [0, 0.05) is 12.6 Å². The summed E-state index contributed by atoms with van der Waals surface area (Å²) in [6.45, 7) is 4.70. The predicted molar refractivity (Wildman–Crippen MR) is 84.7 cm³/mol. The Balaban J connectivity index is 1.71. The molecule has 3 nitrogen and oxygen atoms in total. The molecule has 3 rings (SSSR count). The van der Waals surface area contributed by atoms with Gasteiger partial charge in [-0.25, -0.2) is 0 Å². The van der Waals surface area contributed by atoms with E-state index in [1.807, 2.05) is 12.1 Å². The van der Waals surface area contributed by atoms with E-state index < -0.39 is 0 Å². The van der Waals surface area contributed by atoms with Gasteiger partial charge in [-0.05, 0) is 55.8 Å². The van der Waals surface area contributed by atoms with Crippen molar-refractivity contribution in [2.45, 2.75) is 45.1 Å². The molecule has 1 N–H and O–H groups in total. The van der Waals surface area contributed by atoms with Crippen molar-refractivity contribution in [1.82, 2.24) is 4.90 Å². The maximum absolute atomic E-state index is 9.74. The topological polar surface area (TPSA) is 32.7 Å². The van der Waals surface area contributed by atoms with Gasteiger partial charge < -0.3 is 9.84 Å². The second-order valence-corrected chi connectivity index (χ2v) is 6.70. The molecule has 2 aliphatic rings. The molecule has 1 aliphatic heterocycles. The van der Waals surface area contributed by atoms with Gasteiger partial charge >= 0.3 is 0 Å². The molecule has 1 aliphatic carbocycles. The van der Waals surface area contributed by atoms with Crippen molar-refractivity contribution in [3.63, 3.8) is 0 Å². The van der Waals surface area contributed by atoms with Crippen LogP contribution in [0.4, 0.5) is 0 Å². The summed E-state index contributed by atoms with van der Waals surface area (Å²) in [5.41, 5.74) is 1.24. The van der Waals surface area contributed by atoms with Gasteiger partial charge in [0.05, 0.1) is 7.11 Å². The second kappa shape index (κ2) is 6.27. The fraction of sp³-hybridized carbons (Fsp3) is 0.667. The van der Waals surface area contributed by atoms with E-state index in [1.165, 1.54) is 50.8 Å². The first-order valence-corrected chi connectivity index (χ1v) is 8.30. The number of methoxy groups -OCH3 is 1. The zero-order valence-corrected chi connectivity index (χ0v) is 13.2. The van der Waals surface area contributed by atoms with Crippen LogP contribution in [0.1, 0.15) is 50.6 Å². The Labute approximate surface area is 127 Å². The number of ether oxygens (including phenoxy) is 1. The van der Waals surface area contributed by atoms with Crippen molar-refractivity contribution in [2.24, 2.45) is 11.8 Å². The summed E-state index contributed by atoms with van der Waals surface area (Å²) in [5.74, 6) is 2.66. The Morgan fingerprint density at radius 2 is 1.95 bits per heavy atom. The van der Waals surface area contributed by atoms with E-state index >= 15 is 0 Å². The highest BCUT2D eigenvalue weighted by Crippen LogP contribution is 2.39. The van der Waals surface area contributed by atoms with Crippen molar-refractivity contribution in [3.8, 4) is 11.5 Å². The SMILES string of the molecule is COc1cc(C(C)N2CCC3CCCCC3C2)ccc1O. The smallest absolute Gasteiger partial charge is 0.160 e. The number of hydrogen-bond acceptors (Lipinski definition) is 3. The summed E-state index contributed by atoms with van der Waals surface area (Å²) in [4.78, 5) is 2.61. The van der Waals surface area contributed by atoms with Crippen LogP contribution in [0.15, 0.2) is 18.2 Å². The minimum absolute atomic E-state index is 0.222. The van der Waals surface area contributed by atoms with E-state index in [9.17, 15) is 5.11 Å². The standard InChI is InChI=1S/C18H27NO2/c1-13(15-7-8-17(20)18(11-15)21-2)19-10-9-14-5-3-4-6-16(14)12-19/h7-8,11,13-14,16,20H,3-6,9-10,12H2,1-2H3. The number of aromatic hydroxyl groups is 1. The number of phenols is 1. The zero-order valence-electron chi connectivity index (χ0n) is 13.2. The quantitative estimate of drug-likeness (QED) is 0.913. The molecular formula is C18H27NO2. The highest BCUT2D eigenvalue weighted by molar-refractivity contribution is 5.42. The lowest BCUT2D eigenvalue weighted by atomic mass is 9.75. The number of benzene rings is 1. The summed E-state index contributed by atoms with van der Waals surface area (Å²) in [5, 5.41) is 9.74. The number of hydrogen-bond donors (Lipinski definition) is 1. The fourth-order valence-electron chi connectivity index (χ4n) is 4.15. The maximum Gasteiger partial charge on any atom is 0.160 e. The largest absolute Gasteiger partial charge is 0.504 e. The van der Waals surface area contributed by atoms with Crippen molar-refractivity contribution in [2.75, 3.05) is 20.2 Å². The number of nitrogens with zero attached hydrogens (tertiary/aromatic N) is 1. The zero-order chi connectivity index (χ0) is 14.8. The number of piperidine rings is 1. The van der Waals surface area contributed by atoms with Crippen molar-refractivity contribution in [1.29, 1.82) is 0 Å². The van der Waals surface area contributed by atoms with E-state index in [4.69, 9.17) is 4.74 Å². The highest BCUT2D eigenvalue weighted by Gasteiger charge is 2.33. The van der Waals surface area contributed by atoms with E-state index in [1.54, 1.807) is 13.2 Å². The van der Waals surface area contributed by atoms with Gasteiger partial charge in [-0.2, -0.15) is 0 Å². The molecule has 1 aromatic rings. The van der Waals surface area contributed by atoms with Gasteiger partial charge in [-0.3, -0.25) is 4.90 Å². The molecule has 3 unspecified atom stereocenters. The average molecular weight is 289 g/mol. The Kier molecular flexibility index (Phi) is 4.39. The van der Waals surface area contributed by atoms with Crippen LogP contribution in [-0.2, 0) is 0 Å². The van der Waals surface area contributed by atoms with Crippen molar-refractivity contribution < 1.29 is 9.84 Å². The molecule has 0 bridgehead atoms. The van der Waals surface area contributed by atoms with Gasteiger partial charge in [-0.1, -0.05) is 25.3 Å². The minimum atomic E-state index is 0.222. The number of phenolic OH excluding ortho intramolecular Hbond substituents is 1. The van der Waals surface area contributed by atoms with Gasteiger partial charge in [0.2, 0.25) is 0 Å². The van der Waals surface area contributed by atoms with Crippen LogP contribution >= 0.6 is 0 Å². The first-order valence-electron chi connectivity index (χ1n) is 8.30. The molecular weight excluding hydrogens is 262 g/mol. The lowest BCUT2D eigenvalue weighted by Gasteiger charge is -2.43. The van der Waals surface area contributed by atoms with Crippen molar-refractivity contribution in [3.05, 3.63) is 23.8 Å². The first-order chi connectivity index (χ1) is 10.2. The summed E-state index contributed by atoms with van der Waals surface area (Å²) >= 11 is 0. The number of rotatable bonds is 3. The fourth-order valence-corrected chi connectivity index (χ4v) is 4.15. The molecule has 116 valence electrons. The predicted octanol–water partition coefficient (Wildman–Crippen LogP) is 3.97. The molecule has 3 heteroatoms. The molecule has 0 amide bonds. The monoisotopic (exact) mass is 289 g/mol. The molecule has 21 heavy (non-hydrogen) atoms. The minimum Gasteiger partial charge on any atom is -0.504 e. The lowest BCUT2D eigenvalue weighted by Crippen LogP contribution is -2.42. The molecule has 1 saturated heterocycles. The van der Waals surface area contributed by atoms with Crippen LogP contribution in [0.2, 0.25) is 0 Å². The third kappa shape index (κ3) is 3.03. The Bertz CT molecular complexity index is 488. The Morgan fingerprint density at radius 3 is 2.71 bits per heavy atom. The summed E-state index contributed by atoms with van der Waals surface area (Å²) in [7, 11) is 1.61. The van der Waals surface area contributed by atoms with Gasteiger partial charge in [0.1, 0.15) is 0 Å². The first kappa shape index (κ1) is 14.7. The van der Waals surface area contributed by atoms with Crippen LogP contribution in [0.5, 0.6) is 11.5 Å². The van der Waals surface area contributed by atoms with Gasteiger partial charge in [-0.15, -0.1) is 0 Å². The summed E-state index contributed by atoms with van der Waals surface area (Å²) in [6.07, 6.45) is 7.05. The molecule has 1 heterocycles. The molecule has 3 atom stereocenters. The summed E-state index contributed by atoms with van der Waals surface area (Å²) < 4.78 is 5.24. The molecule has 0 spiro atoms. The van der Waals surface area contributed by atoms with Crippen LogP contribution in [0.25, 0.3) is 0 Å². The third-order valence-corrected chi connectivity index (χ3v) is 5.56. The van der Waals surface area contributed by atoms with E-state index in [2.05, 4.69) is 11.8 Å². The van der Waals surface area contributed by atoms with Crippen LogP contribution < -0.4 is 4.74 Å². The molecule has 1 aromatic carbocycles. The molecule has 2 fully saturated rings. The van der Waals surface area contributed by atoms with E-state index in [0.29, 0.717) is 11.8 Å². The van der Waals surface area contributed by atoms with Gasteiger partial charge in [0.15, 0.2) is 11.5 Å². The Hall–Kier alpha value is -1.22. The Morgan fingerprint density at radius 1 is 1.19 bits per heavy atom. The second-order valence-electron chi connectivity index (χ2n) is 6.70. The number of likely N-dealkylation sites (tertiary alicyclic amines) is 1. The maximum atomic E-state index is 9.74. The lowest BCUT2D eigenvalue weighted by molar-refractivity contribution is 0.0615. The van der Waals surface area contributed by atoms with E-state index in [0.717, 1.165) is 11.8 Å². The normalized spacial score (nSPS) is 27.9. The summed E-state index contributed by atoms with van der Waals surface area (Å²) in [6, 6.07) is 6.14. The number of fused-ring (bicyclic) bond motifs is 1. The average Bonchev–Trinajstić information content (AvgIpc) is 2.54. The highest BCUT2D eigenvalue weighted by atomic mass is 16.5. The molecule has 0 radical (unpaired) electrons.